The van der Waals surface area contributed by atoms with Gasteiger partial charge in [-0.15, -0.1) is 0 Å². The third kappa shape index (κ3) is 11.3. The number of primary amides is 2. The molecular formula is C22H30N6O10. The summed E-state index contributed by atoms with van der Waals surface area (Å²) < 4.78 is 0. The minimum absolute atomic E-state index is 0.00698. The van der Waals surface area contributed by atoms with Crippen molar-refractivity contribution in [3.8, 4) is 5.75 Å². The molecule has 0 saturated heterocycles. The molecule has 4 atom stereocenters. The number of nitrogens with one attached hydrogen (secondary N) is 3. The summed E-state index contributed by atoms with van der Waals surface area (Å²) in [5, 5.41) is 34.0. The van der Waals surface area contributed by atoms with Gasteiger partial charge in [0.15, 0.2) is 0 Å². The molecule has 1 aromatic carbocycles. The first-order chi connectivity index (χ1) is 17.7. The van der Waals surface area contributed by atoms with Crippen LogP contribution in [0.15, 0.2) is 24.3 Å². The van der Waals surface area contributed by atoms with Crippen LogP contribution in [0.25, 0.3) is 0 Å². The lowest BCUT2D eigenvalue weighted by Gasteiger charge is -2.24. The Hall–Kier alpha value is -4.73. The molecule has 12 N–H and O–H groups in total. The Kier molecular flexibility index (Phi) is 12.1. The minimum atomic E-state index is -1.83. The zero-order chi connectivity index (χ0) is 29.0. The lowest BCUT2D eigenvalue weighted by atomic mass is 10.0. The largest absolute Gasteiger partial charge is 0.508 e. The molecule has 16 heteroatoms. The SMILES string of the molecule is NC(=O)CCC(NC(=O)C(CC(=O)O)NC(=O)C(CC(N)=O)NC(=O)C(N)Cc1ccc(O)cc1)C(=O)O. The summed E-state index contributed by atoms with van der Waals surface area (Å²) in [6, 6.07) is -0.532. The van der Waals surface area contributed by atoms with E-state index in [9.17, 15) is 43.8 Å². The van der Waals surface area contributed by atoms with Crippen molar-refractivity contribution in [2.75, 3.05) is 0 Å². The van der Waals surface area contributed by atoms with Gasteiger partial charge in [-0.05, 0) is 30.5 Å². The van der Waals surface area contributed by atoms with E-state index in [1.165, 1.54) is 24.3 Å². The van der Waals surface area contributed by atoms with Crippen molar-refractivity contribution in [3.63, 3.8) is 0 Å². The predicted molar refractivity (Wildman–Crippen MR) is 128 cm³/mol. The average Bonchev–Trinajstić information content (AvgIpc) is 2.81. The van der Waals surface area contributed by atoms with E-state index in [-0.39, 0.29) is 12.2 Å². The first kappa shape index (κ1) is 31.3. The third-order valence-corrected chi connectivity index (χ3v) is 5.07. The average molecular weight is 539 g/mol. The highest BCUT2D eigenvalue weighted by Gasteiger charge is 2.32. The zero-order valence-corrected chi connectivity index (χ0v) is 20.1. The molecule has 0 aliphatic rings. The van der Waals surface area contributed by atoms with Gasteiger partial charge in [-0.1, -0.05) is 12.1 Å². The number of rotatable bonds is 16. The molecule has 0 heterocycles. The molecule has 16 nitrogen and oxygen atoms in total. The topological polar surface area (TPSA) is 294 Å². The van der Waals surface area contributed by atoms with Crippen LogP contribution in [0.5, 0.6) is 5.75 Å². The maximum atomic E-state index is 12.8. The Morgan fingerprint density at radius 3 is 1.71 bits per heavy atom. The normalized spacial score (nSPS) is 13.7. The second kappa shape index (κ2) is 14.7. The molecule has 0 aliphatic carbocycles. The Morgan fingerprint density at radius 2 is 1.24 bits per heavy atom. The van der Waals surface area contributed by atoms with Gasteiger partial charge in [-0.2, -0.15) is 0 Å². The van der Waals surface area contributed by atoms with Crippen LogP contribution in [0.2, 0.25) is 0 Å². The highest BCUT2D eigenvalue weighted by Crippen LogP contribution is 2.11. The number of phenols is 1. The van der Waals surface area contributed by atoms with E-state index >= 15 is 0 Å². The Morgan fingerprint density at radius 1 is 0.737 bits per heavy atom. The maximum Gasteiger partial charge on any atom is 0.326 e. The van der Waals surface area contributed by atoms with Gasteiger partial charge >= 0.3 is 11.9 Å². The fraction of sp³-hybridized carbons (Fsp3) is 0.409. The van der Waals surface area contributed by atoms with Gasteiger partial charge in [-0.25, -0.2) is 4.79 Å². The fourth-order valence-corrected chi connectivity index (χ4v) is 3.14. The van der Waals surface area contributed by atoms with Crippen molar-refractivity contribution in [2.45, 2.75) is 56.3 Å². The molecule has 5 amide bonds. The number of carboxylic acid groups (broad SMARTS) is 2. The summed E-state index contributed by atoms with van der Waals surface area (Å²) in [6.07, 6.45) is -2.53. The summed E-state index contributed by atoms with van der Waals surface area (Å²) in [4.78, 5) is 83.0. The Balaban J connectivity index is 2.98. The van der Waals surface area contributed by atoms with Crippen LogP contribution in [-0.4, -0.2) is 81.0 Å². The summed E-state index contributed by atoms with van der Waals surface area (Å²) in [5.41, 5.74) is 16.6. The van der Waals surface area contributed by atoms with E-state index in [2.05, 4.69) is 10.6 Å². The molecule has 0 spiro atoms. The maximum absolute atomic E-state index is 12.8. The molecule has 0 aromatic heterocycles. The van der Waals surface area contributed by atoms with Gasteiger partial charge < -0.3 is 48.5 Å². The number of amides is 5. The van der Waals surface area contributed by atoms with Crippen LogP contribution in [-0.2, 0) is 40.0 Å². The number of aliphatic carboxylic acids is 2. The molecule has 1 aromatic rings. The van der Waals surface area contributed by atoms with Crippen LogP contribution in [0.4, 0.5) is 0 Å². The van der Waals surface area contributed by atoms with Crippen LogP contribution in [0.3, 0.4) is 0 Å². The number of hydrogen-bond acceptors (Lipinski definition) is 9. The number of carbonyl (C=O) groups excluding carboxylic acids is 5. The van der Waals surface area contributed by atoms with Gasteiger partial charge in [0.2, 0.25) is 29.5 Å². The van der Waals surface area contributed by atoms with E-state index < -0.39 is 91.3 Å². The van der Waals surface area contributed by atoms with Crippen LogP contribution in [0.1, 0.15) is 31.2 Å². The molecule has 0 saturated carbocycles. The monoisotopic (exact) mass is 538 g/mol. The van der Waals surface area contributed by atoms with Crippen molar-refractivity contribution >= 4 is 41.5 Å². The molecule has 0 fully saturated rings. The Bertz CT molecular complexity index is 1060. The second-order valence-corrected chi connectivity index (χ2v) is 8.27. The standard InChI is InChI=1S/C22H30N6O10/c23-12(7-10-1-3-11(29)4-2-10)19(34)27-14(8-17(25)31)20(35)28-15(9-18(32)33)21(36)26-13(22(37)38)5-6-16(24)30/h1-4,12-15,29H,5-9,23H2,(H2,24,30)(H2,25,31)(H,26,36)(H,27,34)(H,28,35)(H,32,33)(H,37,38). The first-order valence-electron chi connectivity index (χ1n) is 11.1. The summed E-state index contributed by atoms with van der Waals surface area (Å²) in [7, 11) is 0. The van der Waals surface area contributed by atoms with E-state index in [0.717, 1.165) is 0 Å². The van der Waals surface area contributed by atoms with Gasteiger partial charge in [0.05, 0.1) is 18.9 Å². The summed E-state index contributed by atoms with van der Waals surface area (Å²) >= 11 is 0. The lowest BCUT2D eigenvalue weighted by Crippen LogP contribution is -2.58. The molecule has 4 unspecified atom stereocenters. The first-order valence-corrected chi connectivity index (χ1v) is 11.1. The zero-order valence-electron chi connectivity index (χ0n) is 20.1. The molecule has 1 rings (SSSR count). The summed E-state index contributed by atoms with van der Waals surface area (Å²) in [6.45, 7) is 0. The van der Waals surface area contributed by atoms with Crippen molar-refractivity contribution in [1.29, 1.82) is 0 Å². The number of aromatic hydroxyl groups is 1. The smallest absolute Gasteiger partial charge is 0.326 e. The van der Waals surface area contributed by atoms with E-state index in [1.54, 1.807) is 0 Å². The number of hydrogen-bond donors (Lipinski definition) is 9. The van der Waals surface area contributed by atoms with Crippen LogP contribution >= 0.6 is 0 Å². The number of nitrogens with two attached hydrogens (primary N) is 3. The van der Waals surface area contributed by atoms with E-state index in [4.69, 9.17) is 22.3 Å². The molecule has 0 bridgehead atoms. The third-order valence-electron chi connectivity index (χ3n) is 5.07. The van der Waals surface area contributed by atoms with Gasteiger partial charge in [-0.3, -0.25) is 28.8 Å². The van der Waals surface area contributed by atoms with Crippen molar-refractivity contribution < 1.29 is 48.9 Å². The highest BCUT2D eigenvalue weighted by molar-refractivity contribution is 5.97. The fourth-order valence-electron chi connectivity index (χ4n) is 3.14. The Labute approximate surface area is 215 Å². The van der Waals surface area contributed by atoms with E-state index in [1.807, 2.05) is 5.32 Å². The quantitative estimate of drug-likeness (QED) is 0.0990. The van der Waals surface area contributed by atoms with Gasteiger partial charge in [0, 0.05) is 6.42 Å². The number of phenolic OH excluding ortho intramolecular Hbond substituents is 1. The molecular weight excluding hydrogens is 508 g/mol. The van der Waals surface area contributed by atoms with Crippen molar-refractivity contribution in [2.24, 2.45) is 17.2 Å². The van der Waals surface area contributed by atoms with Gasteiger partial charge in [0.25, 0.3) is 0 Å². The minimum Gasteiger partial charge on any atom is -0.508 e. The number of carbonyl (C=O) groups is 7. The lowest BCUT2D eigenvalue weighted by molar-refractivity contribution is -0.144. The molecule has 0 radical (unpaired) electrons. The van der Waals surface area contributed by atoms with Crippen molar-refractivity contribution in [1.82, 2.24) is 16.0 Å². The molecule has 0 aliphatic heterocycles. The van der Waals surface area contributed by atoms with Crippen LogP contribution in [0, 0.1) is 0 Å². The second-order valence-electron chi connectivity index (χ2n) is 8.27. The van der Waals surface area contributed by atoms with Crippen molar-refractivity contribution in [3.05, 3.63) is 29.8 Å². The van der Waals surface area contributed by atoms with Crippen LogP contribution < -0.4 is 33.2 Å². The number of carboxylic acids is 2. The van der Waals surface area contributed by atoms with E-state index in [0.29, 0.717) is 5.56 Å². The number of benzene rings is 1. The predicted octanol–water partition coefficient (Wildman–Crippen LogP) is -3.58. The molecule has 208 valence electrons. The summed E-state index contributed by atoms with van der Waals surface area (Å²) in [5.74, 6) is -8.21. The highest BCUT2D eigenvalue weighted by atomic mass is 16.4. The van der Waals surface area contributed by atoms with Gasteiger partial charge in [0.1, 0.15) is 23.9 Å². The molecule has 38 heavy (non-hydrogen) atoms.